The Morgan fingerprint density at radius 3 is 2.58 bits per heavy atom. The van der Waals surface area contributed by atoms with Gasteiger partial charge in [-0.25, -0.2) is 5.43 Å². The minimum absolute atomic E-state index is 0.107. The van der Waals surface area contributed by atoms with Gasteiger partial charge in [-0.15, -0.1) is 0 Å². The van der Waals surface area contributed by atoms with Gasteiger partial charge in [0.2, 0.25) is 0 Å². The normalized spacial score (nSPS) is 10.8. The van der Waals surface area contributed by atoms with E-state index in [1.54, 1.807) is 36.4 Å². The van der Waals surface area contributed by atoms with Crippen molar-refractivity contribution in [3.8, 4) is 5.75 Å². The van der Waals surface area contributed by atoms with Crippen LogP contribution in [0.4, 0.5) is 5.69 Å². The fourth-order valence-corrected chi connectivity index (χ4v) is 2.51. The van der Waals surface area contributed by atoms with Crippen LogP contribution in [-0.2, 0) is 0 Å². The molecular formula is C18H20ClN3O2. The van der Waals surface area contributed by atoms with Gasteiger partial charge in [0.05, 0.1) is 16.8 Å². The van der Waals surface area contributed by atoms with Crippen LogP contribution in [0.2, 0.25) is 5.02 Å². The van der Waals surface area contributed by atoms with Crippen molar-refractivity contribution in [2.45, 2.75) is 13.8 Å². The molecule has 5 nitrogen and oxygen atoms in total. The van der Waals surface area contributed by atoms with Gasteiger partial charge in [0.25, 0.3) is 5.91 Å². The number of hydrazone groups is 1. The number of phenolic OH excluding ortho intramolecular Hbond substituents is 1. The van der Waals surface area contributed by atoms with Crippen LogP contribution in [0.25, 0.3) is 0 Å². The SMILES string of the molecule is CCN(CC)c1ccc(/C=N/NC(=O)c2ccccc2Cl)c(O)c1. The first kappa shape index (κ1) is 17.8. The van der Waals surface area contributed by atoms with Crippen LogP contribution in [0, 0.1) is 0 Å². The van der Waals surface area contributed by atoms with E-state index < -0.39 is 5.91 Å². The van der Waals surface area contributed by atoms with Crippen molar-refractivity contribution in [1.82, 2.24) is 5.43 Å². The zero-order chi connectivity index (χ0) is 17.5. The third-order valence-corrected chi connectivity index (χ3v) is 3.96. The molecular weight excluding hydrogens is 326 g/mol. The van der Waals surface area contributed by atoms with Gasteiger partial charge in [-0.05, 0) is 38.1 Å². The molecule has 0 unspecified atom stereocenters. The highest BCUT2D eigenvalue weighted by Gasteiger charge is 2.08. The molecule has 2 aromatic rings. The number of aromatic hydroxyl groups is 1. The van der Waals surface area contributed by atoms with Crippen LogP contribution in [0.1, 0.15) is 29.8 Å². The average molecular weight is 346 g/mol. The monoisotopic (exact) mass is 345 g/mol. The number of hydrogen-bond acceptors (Lipinski definition) is 4. The predicted octanol–water partition coefficient (Wildman–Crippen LogP) is 3.66. The highest BCUT2D eigenvalue weighted by molar-refractivity contribution is 6.33. The van der Waals surface area contributed by atoms with Crippen LogP contribution in [0.3, 0.4) is 0 Å². The predicted molar refractivity (Wildman–Crippen MR) is 98.2 cm³/mol. The smallest absolute Gasteiger partial charge is 0.272 e. The van der Waals surface area contributed by atoms with E-state index in [2.05, 4.69) is 29.3 Å². The van der Waals surface area contributed by atoms with Crippen LogP contribution in [-0.4, -0.2) is 30.3 Å². The summed E-state index contributed by atoms with van der Waals surface area (Å²) in [4.78, 5) is 14.1. The third kappa shape index (κ3) is 4.26. The summed E-state index contributed by atoms with van der Waals surface area (Å²) in [7, 11) is 0. The van der Waals surface area contributed by atoms with E-state index in [9.17, 15) is 9.90 Å². The lowest BCUT2D eigenvalue weighted by Crippen LogP contribution is -2.21. The molecule has 24 heavy (non-hydrogen) atoms. The Labute approximate surface area is 146 Å². The summed E-state index contributed by atoms with van der Waals surface area (Å²) in [6, 6.07) is 12.1. The molecule has 2 N–H and O–H groups in total. The molecule has 0 bridgehead atoms. The molecule has 0 aliphatic rings. The maximum atomic E-state index is 12.0. The first-order valence-electron chi connectivity index (χ1n) is 7.72. The van der Waals surface area contributed by atoms with Crippen molar-refractivity contribution in [2.75, 3.05) is 18.0 Å². The molecule has 1 amide bonds. The topological polar surface area (TPSA) is 64.9 Å². The molecule has 0 radical (unpaired) electrons. The van der Waals surface area contributed by atoms with Crippen molar-refractivity contribution in [2.24, 2.45) is 5.10 Å². The standard InChI is InChI=1S/C18H20ClN3O2/c1-3-22(4-2)14-10-9-13(17(23)11-14)12-20-21-18(24)15-7-5-6-8-16(15)19/h5-12,23H,3-4H2,1-2H3,(H,21,24)/b20-12+. The van der Waals surface area contributed by atoms with E-state index in [0.29, 0.717) is 16.1 Å². The molecule has 0 atom stereocenters. The van der Waals surface area contributed by atoms with E-state index in [1.165, 1.54) is 6.21 Å². The van der Waals surface area contributed by atoms with Crippen LogP contribution < -0.4 is 10.3 Å². The zero-order valence-electron chi connectivity index (χ0n) is 13.7. The molecule has 0 saturated carbocycles. The lowest BCUT2D eigenvalue weighted by Gasteiger charge is -2.21. The Morgan fingerprint density at radius 1 is 1.25 bits per heavy atom. The lowest BCUT2D eigenvalue weighted by molar-refractivity contribution is 0.0955. The number of carbonyl (C=O) groups is 1. The summed E-state index contributed by atoms with van der Waals surface area (Å²) < 4.78 is 0. The average Bonchev–Trinajstić information content (AvgIpc) is 2.58. The molecule has 0 fully saturated rings. The van der Waals surface area contributed by atoms with E-state index in [-0.39, 0.29) is 5.75 Å². The van der Waals surface area contributed by atoms with Gasteiger partial charge >= 0.3 is 0 Å². The maximum absolute atomic E-state index is 12.0. The largest absolute Gasteiger partial charge is 0.507 e. The molecule has 0 heterocycles. The van der Waals surface area contributed by atoms with E-state index >= 15 is 0 Å². The number of phenols is 1. The van der Waals surface area contributed by atoms with Gasteiger partial charge in [-0.3, -0.25) is 4.79 Å². The van der Waals surface area contributed by atoms with Gasteiger partial charge in [-0.1, -0.05) is 23.7 Å². The van der Waals surface area contributed by atoms with Crippen molar-refractivity contribution >= 4 is 29.4 Å². The van der Waals surface area contributed by atoms with Gasteiger partial charge in [0.15, 0.2) is 0 Å². The minimum Gasteiger partial charge on any atom is -0.507 e. The Kier molecular flexibility index (Phi) is 6.21. The van der Waals surface area contributed by atoms with Crippen LogP contribution in [0.15, 0.2) is 47.6 Å². The molecule has 2 rings (SSSR count). The van der Waals surface area contributed by atoms with Crippen molar-refractivity contribution in [3.05, 3.63) is 58.6 Å². The number of hydrogen-bond donors (Lipinski definition) is 2. The summed E-state index contributed by atoms with van der Waals surface area (Å²) >= 11 is 5.96. The van der Waals surface area contributed by atoms with Gasteiger partial charge < -0.3 is 10.0 Å². The second kappa shape index (κ2) is 8.36. The molecule has 0 spiro atoms. The second-order valence-corrected chi connectivity index (χ2v) is 5.50. The number of nitrogens with one attached hydrogen (secondary N) is 1. The lowest BCUT2D eigenvalue weighted by atomic mass is 10.2. The van der Waals surface area contributed by atoms with E-state index in [1.807, 2.05) is 6.07 Å². The van der Waals surface area contributed by atoms with Gasteiger partial charge in [0, 0.05) is 30.4 Å². The number of anilines is 1. The van der Waals surface area contributed by atoms with E-state index in [4.69, 9.17) is 11.6 Å². The third-order valence-electron chi connectivity index (χ3n) is 3.63. The summed E-state index contributed by atoms with van der Waals surface area (Å²) in [5.74, 6) is -0.300. The van der Waals surface area contributed by atoms with E-state index in [0.717, 1.165) is 18.8 Å². The highest BCUT2D eigenvalue weighted by atomic mass is 35.5. The summed E-state index contributed by atoms with van der Waals surface area (Å²) in [5, 5.41) is 14.3. The minimum atomic E-state index is -0.406. The van der Waals surface area contributed by atoms with Crippen molar-refractivity contribution in [3.63, 3.8) is 0 Å². The molecule has 0 aromatic heterocycles. The summed E-state index contributed by atoms with van der Waals surface area (Å²) in [6.45, 7) is 5.83. The zero-order valence-corrected chi connectivity index (χ0v) is 14.4. The quantitative estimate of drug-likeness (QED) is 0.620. The van der Waals surface area contributed by atoms with Crippen LogP contribution in [0.5, 0.6) is 5.75 Å². The Morgan fingerprint density at radius 2 is 1.96 bits per heavy atom. The number of amides is 1. The summed E-state index contributed by atoms with van der Waals surface area (Å²) in [6.07, 6.45) is 1.40. The first-order chi connectivity index (χ1) is 11.6. The fraction of sp³-hybridized carbons (Fsp3) is 0.222. The first-order valence-corrected chi connectivity index (χ1v) is 8.10. The molecule has 2 aromatic carbocycles. The Balaban J connectivity index is 2.07. The number of halogens is 1. The fourth-order valence-electron chi connectivity index (χ4n) is 2.29. The van der Waals surface area contributed by atoms with Crippen molar-refractivity contribution in [1.29, 1.82) is 0 Å². The molecule has 0 saturated heterocycles. The van der Waals surface area contributed by atoms with Gasteiger partial charge in [0.1, 0.15) is 5.75 Å². The molecule has 0 aliphatic heterocycles. The van der Waals surface area contributed by atoms with Crippen LogP contribution >= 0.6 is 11.6 Å². The number of nitrogens with zero attached hydrogens (tertiary/aromatic N) is 2. The Bertz CT molecular complexity index is 743. The number of benzene rings is 2. The molecule has 6 heteroatoms. The van der Waals surface area contributed by atoms with Crippen molar-refractivity contribution < 1.29 is 9.90 Å². The number of rotatable bonds is 6. The summed E-state index contributed by atoms with van der Waals surface area (Å²) in [5.41, 5.74) is 4.20. The molecule has 0 aliphatic carbocycles. The number of carbonyl (C=O) groups excluding carboxylic acids is 1. The molecule has 126 valence electrons. The maximum Gasteiger partial charge on any atom is 0.272 e. The highest BCUT2D eigenvalue weighted by Crippen LogP contribution is 2.23. The second-order valence-electron chi connectivity index (χ2n) is 5.09. The van der Waals surface area contributed by atoms with Gasteiger partial charge in [-0.2, -0.15) is 5.10 Å². The Hall–Kier alpha value is -2.53.